The molecule has 10 heavy (non-hydrogen) atoms. The normalized spacial score (nSPS) is 8.40. The average molecular weight is 335 g/mol. The third kappa shape index (κ3) is 2.42. The third-order valence-corrected chi connectivity index (χ3v) is 0.887. The summed E-state index contributed by atoms with van der Waals surface area (Å²) in [6.45, 7) is 0. The predicted octanol–water partition coefficient (Wildman–Crippen LogP) is -0.113. The molecule has 2 radical (unpaired) electrons. The van der Waals surface area contributed by atoms with Crippen molar-refractivity contribution in [3.8, 4) is 17.2 Å². The number of hydrogen-bond acceptors (Lipinski definition) is 3. The van der Waals surface area contributed by atoms with Gasteiger partial charge in [-0.05, 0) is 0 Å². The van der Waals surface area contributed by atoms with Crippen molar-refractivity contribution >= 4 is 27.3 Å². The summed E-state index contributed by atoms with van der Waals surface area (Å²) in [5, 5.41) is 26.0. The van der Waals surface area contributed by atoms with Crippen LogP contribution in [0.1, 0.15) is 0 Å². The average Bonchev–Trinajstić information content (AvgIpc) is 1.59. The first-order valence-electron chi connectivity index (χ1n) is 2.40. The fourth-order valence-electron chi connectivity index (χ4n) is 0.580. The van der Waals surface area contributed by atoms with Crippen molar-refractivity contribution in [3.63, 3.8) is 0 Å². The van der Waals surface area contributed by atoms with E-state index in [9.17, 15) is 0 Å². The van der Waals surface area contributed by atoms with Crippen LogP contribution >= 0.6 is 0 Å². The number of hydrogen-bond donors (Lipinski definition) is 3. The van der Waals surface area contributed by atoms with Crippen molar-refractivity contribution in [2.45, 2.75) is 0 Å². The molecule has 1 rings (SSSR count). The zero-order chi connectivity index (χ0) is 6.85. The van der Waals surface area contributed by atoms with Crippen LogP contribution in [0, 0.1) is 0 Å². The molecule has 0 aliphatic rings. The zero-order valence-electron chi connectivity index (χ0n) is 5.28. The third-order valence-electron chi connectivity index (χ3n) is 0.887. The van der Waals surface area contributed by atoms with Gasteiger partial charge in [0.25, 0.3) is 0 Å². The molecule has 0 saturated heterocycles. The maximum atomic E-state index is 8.67. The first-order chi connectivity index (χ1) is 4.18. The van der Waals surface area contributed by atoms with Gasteiger partial charge in [0.1, 0.15) is 17.2 Å². The van der Waals surface area contributed by atoms with Gasteiger partial charge in [-0.25, -0.2) is 0 Å². The molecule has 4 heteroatoms. The van der Waals surface area contributed by atoms with E-state index >= 15 is 0 Å². The van der Waals surface area contributed by atoms with Gasteiger partial charge in [0.2, 0.25) is 0 Å². The molecule has 1 aromatic carbocycles. The molecular weight excluding hydrogens is 327 g/mol. The molecule has 0 unspecified atom stereocenters. The summed E-state index contributed by atoms with van der Waals surface area (Å²) in [5.74, 6) is -0.437. The van der Waals surface area contributed by atoms with Gasteiger partial charge in [-0.15, -0.1) is 0 Å². The Hall–Kier alpha value is -0.458. The van der Waals surface area contributed by atoms with Gasteiger partial charge in [0.15, 0.2) is 0 Å². The van der Waals surface area contributed by atoms with Crippen molar-refractivity contribution in [1.29, 1.82) is 0 Å². The molecular formula is C6H8O3Pb. The Bertz CT molecular complexity index is 174. The van der Waals surface area contributed by atoms with Crippen LogP contribution in [0.3, 0.4) is 0 Å². The SMILES string of the molecule is Oc1cc(O)cc(O)c1.[PbH2]. The Kier molecular flexibility index (Phi) is 3.48. The molecule has 3 N–H and O–H groups in total. The summed E-state index contributed by atoms with van der Waals surface area (Å²) in [4.78, 5) is 0. The van der Waals surface area contributed by atoms with Crippen molar-refractivity contribution in [2.24, 2.45) is 0 Å². The van der Waals surface area contributed by atoms with Gasteiger partial charge < -0.3 is 15.3 Å². The van der Waals surface area contributed by atoms with E-state index in [1.165, 1.54) is 0 Å². The number of aromatic hydroxyl groups is 3. The van der Waals surface area contributed by atoms with E-state index in [4.69, 9.17) is 15.3 Å². The minimum absolute atomic E-state index is 0. The first kappa shape index (κ1) is 9.54. The van der Waals surface area contributed by atoms with Crippen LogP contribution in [0.25, 0.3) is 0 Å². The number of rotatable bonds is 0. The van der Waals surface area contributed by atoms with Gasteiger partial charge in [-0.1, -0.05) is 0 Å². The zero-order valence-corrected chi connectivity index (χ0v) is 10.8. The Balaban J connectivity index is 0.000000810. The van der Waals surface area contributed by atoms with Gasteiger partial charge in [0.05, 0.1) is 0 Å². The van der Waals surface area contributed by atoms with E-state index in [0.717, 1.165) is 18.2 Å². The van der Waals surface area contributed by atoms with E-state index in [1.54, 1.807) is 0 Å². The molecule has 0 aromatic heterocycles. The molecule has 0 fully saturated rings. The standard InChI is InChI=1S/C6H6O3.Pb.2H/c7-4-1-5(8)3-6(9)2-4;;;/h1-3,7-9H;;;. The predicted molar refractivity (Wildman–Crippen MR) is 40.0 cm³/mol. The molecule has 0 saturated carbocycles. The molecule has 1 aromatic rings. The van der Waals surface area contributed by atoms with E-state index in [1.807, 2.05) is 0 Å². The Labute approximate surface area is 78.1 Å². The van der Waals surface area contributed by atoms with Crippen LogP contribution < -0.4 is 0 Å². The minimum atomic E-state index is -0.146. The van der Waals surface area contributed by atoms with Crippen LogP contribution in [0.2, 0.25) is 0 Å². The van der Waals surface area contributed by atoms with Crippen LogP contribution in [-0.4, -0.2) is 42.6 Å². The monoisotopic (exact) mass is 336 g/mol. The van der Waals surface area contributed by atoms with Crippen LogP contribution in [0.15, 0.2) is 18.2 Å². The molecule has 0 heterocycles. The summed E-state index contributed by atoms with van der Waals surface area (Å²) in [6, 6.07) is 3.42. The molecule has 0 aliphatic heterocycles. The van der Waals surface area contributed by atoms with E-state index in [0.29, 0.717) is 0 Å². The van der Waals surface area contributed by atoms with E-state index in [-0.39, 0.29) is 44.5 Å². The fraction of sp³-hybridized carbons (Fsp3) is 0. The second-order valence-corrected chi connectivity index (χ2v) is 1.71. The Morgan fingerprint density at radius 1 is 0.700 bits per heavy atom. The van der Waals surface area contributed by atoms with Crippen LogP contribution in [0.4, 0.5) is 0 Å². The summed E-state index contributed by atoms with van der Waals surface area (Å²) >= 11 is 0. The van der Waals surface area contributed by atoms with Crippen molar-refractivity contribution < 1.29 is 15.3 Å². The molecule has 0 aliphatic carbocycles. The summed E-state index contributed by atoms with van der Waals surface area (Å²) in [7, 11) is 0. The molecule has 0 atom stereocenters. The Morgan fingerprint density at radius 2 is 0.900 bits per heavy atom. The van der Waals surface area contributed by atoms with E-state index < -0.39 is 0 Å². The van der Waals surface area contributed by atoms with Gasteiger partial charge in [-0.3, -0.25) is 0 Å². The van der Waals surface area contributed by atoms with Crippen molar-refractivity contribution in [1.82, 2.24) is 0 Å². The van der Waals surface area contributed by atoms with Crippen LogP contribution in [-0.2, 0) is 0 Å². The number of phenols is 3. The topological polar surface area (TPSA) is 60.7 Å². The summed E-state index contributed by atoms with van der Waals surface area (Å²) < 4.78 is 0. The molecule has 3 nitrogen and oxygen atoms in total. The molecule has 0 amide bonds. The van der Waals surface area contributed by atoms with Gasteiger partial charge >= 0.3 is 27.3 Å². The second kappa shape index (κ2) is 3.65. The van der Waals surface area contributed by atoms with Gasteiger partial charge in [0, 0.05) is 18.2 Å². The van der Waals surface area contributed by atoms with Crippen molar-refractivity contribution in [3.05, 3.63) is 18.2 Å². The second-order valence-electron chi connectivity index (χ2n) is 1.71. The maximum absolute atomic E-state index is 8.67. The first-order valence-corrected chi connectivity index (χ1v) is 2.40. The van der Waals surface area contributed by atoms with Crippen molar-refractivity contribution in [2.75, 3.05) is 0 Å². The summed E-state index contributed by atoms with van der Waals surface area (Å²) in [5.41, 5.74) is 0. The Morgan fingerprint density at radius 3 is 1.10 bits per heavy atom. The van der Waals surface area contributed by atoms with Crippen LogP contribution in [0.5, 0.6) is 17.2 Å². The molecule has 0 spiro atoms. The molecule has 54 valence electrons. The molecule has 0 bridgehead atoms. The quantitative estimate of drug-likeness (QED) is 0.580. The van der Waals surface area contributed by atoms with E-state index in [2.05, 4.69) is 0 Å². The fourth-order valence-corrected chi connectivity index (χ4v) is 0.580. The summed E-state index contributed by atoms with van der Waals surface area (Å²) in [6.07, 6.45) is 0. The number of benzene rings is 1. The number of phenolic OH excluding ortho intramolecular Hbond substituents is 3. The van der Waals surface area contributed by atoms with Gasteiger partial charge in [-0.2, -0.15) is 0 Å².